The van der Waals surface area contributed by atoms with Crippen molar-refractivity contribution in [2.75, 3.05) is 13.7 Å². The van der Waals surface area contributed by atoms with Gasteiger partial charge in [-0.3, -0.25) is 4.57 Å². The highest BCUT2D eigenvalue weighted by atomic mass is 32.2. The third-order valence-corrected chi connectivity index (χ3v) is 7.82. The first-order valence-electron chi connectivity index (χ1n) is 8.81. The van der Waals surface area contributed by atoms with Crippen molar-refractivity contribution in [2.45, 2.75) is 30.3 Å². The first kappa shape index (κ1) is 20.0. The Labute approximate surface area is 174 Å². The Morgan fingerprint density at radius 2 is 2.10 bits per heavy atom. The summed E-state index contributed by atoms with van der Waals surface area (Å²) < 4.78 is 35.1. The van der Waals surface area contributed by atoms with E-state index >= 15 is 0 Å². The lowest BCUT2D eigenvalue weighted by atomic mass is 10.4. The van der Waals surface area contributed by atoms with Crippen molar-refractivity contribution in [3.63, 3.8) is 0 Å². The van der Waals surface area contributed by atoms with E-state index in [0.717, 1.165) is 29.1 Å². The van der Waals surface area contributed by atoms with Crippen LogP contribution in [0.1, 0.15) is 28.6 Å². The molecule has 154 valence electrons. The summed E-state index contributed by atoms with van der Waals surface area (Å²) in [5.74, 6) is -0.0958. The monoisotopic (exact) mass is 454 g/mol. The van der Waals surface area contributed by atoms with Crippen LogP contribution >= 0.6 is 22.7 Å². The van der Waals surface area contributed by atoms with E-state index in [4.69, 9.17) is 0 Å². The van der Waals surface area contributed by atoms with Crippen LogP contribution in [0.4, 0.5) is 0 Å². The van der Waals surface area contributed by atoms with E-state index in [1.165, 1.54) is 34.6 Å². The Bertz CT molecular complexity index is 1190. The molecule has 1 aliphatic carbocycles. The average molecular weight is 455 g/mol. The quantitative estimate of drug-likeness (QED) is 0.521. The zero-order chi connectivity index (χ0) is 20.6. The first-order chi connectivity index (χ1) is 13.9. The van der Waals surface area contributed by atoms with Gasteiger partial charge in [0.05, 0.1) is 18.5 Å². The van der Waals surface area contributed by atoms with Crippen LogP contribution in [0.3, 0.4) is 0 Å². The molecule has 0 saturated heterocycles. The summed E-state index contributed by atoms with van der Waals surface area (Å²) in [7, 11) is -2.73. The largest absolute Gasteiger partial charge is 0.465 e. The minimum atomic E-state index is -3.92. The van der Waals surface area contributed by atoms with E-state index in [9.17, 15) is 18.0 Å². The Balaban J connectivity index is 1.52. The molecule has 9 nitrogen and oxygen atoms in total. The lowest BCUT2D eigenvalue weighted by Crippen LogP contribution is -2.32. The highest BCUT2D eigenvalue weighted by Gasteiger charge is 2.31. The summed E-state index contributed by atoms with van der Waals surface area (Å²) in [5.41, 5.74) is -0.249. The number of carbonyl (C=O) groups is 1. The molecule has 3 heterocycles. The normalized spacial score (nSPS) is 14.2. The predicted molar refractivity (Wildman–Crippen MR) is 109 cm³/mol. The number of aromatic nitrogens is 3. The van der Waals surface area contributed by atoms with Crippen molar-refractivity contribution < 1.29 is 17.9 Å². The molecule has 1 N–H and O–H groups in total. The second kappa shape index (κ2) is 7.86. The zero-order valence-corrected chi connectivity index (χ0v) is 17.8. The Morgan fingerprint density at radius 1 is 1.31 bits per heavy atom. The van der Waals surface area contributed by atoms with Crippen molar-refractivity contribution in [1.29, 1.82) is 0 Å². The third kappa shape index (κ3) is 3.92. The van der Waals surface area contributed by atoms with Crippen LogP contribution in [0, 0.1) is 0 Å². The van der Waals surface area contributed by atoms with Gasteiger partial charge in [0.1, 0.15) is 9.77 Å². The summed E-state index contributed by atoms with van der Waals surface area (Å²) in [6.45, 7) is 0.0398. The van der Waals surface area contributed by atoms with Gasteiger partial charge in [0.15, 0.2) is 5.82 Å². The second-order valence-corrected chi connectivity index (χ2v) is 10.0. The third-order valence-electron chi connectivity index (χ3n) is 4.43. The minimum Gasteiger partial charge on any atom is -0.465 e. The van der Waals surface area contributed by atoms with Gasteiger partial charge in [0, 0.05) is 12.6 Å². The summed E-state index contributed by atoms with van der Waals surface area (Å²) >= 11 is 2.49. The van der Waals surface area contributed by atoms with E-state index < -0.39 is 16.0 Å². The van der Waals surface area contributed by atoms with Crippen molar-refractivity contribution in [3.05, 3.63) is 44.3 Å². The highest BCUT2D eigenvalue weighted by molar-refractivity contribution is 7.89. The fourth-order valence-corrected chi connectivity index (χ4v) is 5.97. The molecule has 0 aliphatic heterocycles. The molecule has 0 atom stereocenters. The number of hydrogen-bond donors (Lipinski definition) is 1. The Hall–Kier alpha value is -2.28. The van der Waals surface area contributed by atoms with Crippen molar-refractivity contribution in [1.82, 2.24) is 19.1 Å². The van der Waals surface area contributed by atoms with Gasteiger partial charge < -0.3 is 4.74 Å². The van der Waals surface area contributed by atoms with Gasteiger partial charge in [-0.1, -0.05) is 6.07 Å². The molecule has 0 aromatic carbocycles. The van der Waals surface area contributed by atoms with Crippen molar-refractivity contribution in [2.24, 2.45) is 0 Å². The average Bonchev–Trinajstić information content (AvgIpc) is 3.13. The number of sulfonamides is 1. The molecule has 1 fully saturated rings. The molecule has 0 spiro atoms. The summed E-state index contributed by atoms with van der Waals surface area (Å²) in [5, 5.41) is 7.86. The van der Waals surface area contributed by atoms with Gasteiger partial charge in [-0.2, -0.15) is 0 Å². The highest BCUT2D eigenvalue weighted by Crippen LogP contribution is 2.37. The molecule has 29 heavy (non-hydrogen) atoms. The predicted octanol–water partition coefficient (Wildman–Crippen LogP) is 1.93. The van der Waals surface area contributed by atoms with Crippen LogP contribution in [0.2, 0.25) is 0 Å². The van der Waals surface area contributed by atoms with Gasteiger partial charge in [0.2, 0.25) is 10.0 Å². The summed E-state index contributed by atoms with van der Waals surface area (Å²) in [6, 6.07) is 5.30. The lowest BCUT2D eigenvalue weighted by molar-refractivity contribution is 0.0602. The molecule has 0 unspecified atom stereocenters. The maximum absolute atomic E-state index is 12.8. The number of esters is 1. The fraction of sp³-hybridized carbons (Fsp3) is 0.353. The molecular formula is C17H18N4O5S3. The van der Waals surface area contributed by atoms with Gasteiger partial charge in [-0.25, -0.2) is 27.4 Å². The SMILES string of the molecule is COC(=O)c1sccc1S(=O)(=O)NCCn1nc(-c2cccs2)n(C2CC2)c1=O. The molecule has 3 aromatic heterocycles. The standard InChI is InChI=1S/C17H18N4O5S3/c1-26-16(22)14-13(6-10-28-14)29(24,25)18-7-8-20-17(23)21(11-4-5-11)15(19-20)12-3-2-9-27-12/h2-3,6,9-11,18H,4-5,7-8H2,1H3. The molecular weight excluding hydrogens is 436 g/mol. The summed E-state index contributed by atoms with van der Waals surface area (Å²) in [4.78, 5) is 25.3. The Kier molecular flexibility index (Phi) is 5.42. The fourth-order valence-electron chi connectivity index (χ4n) is 2.92. The van der Waals surface area contributed by atoms with Crippen LogP contribution in [-0.2, 0) is 21.3 Å². The van der Waals surface area contributed by atoms with Crippen LogP contribution in [0.25, 0.3) is 10.7 Å². The van der Waals surface area contributed by atoms with Crippen LogP contribution in [-0.4, -0.2) is 42.4 Å². The number of thiophene rings is 2. The molecule has 1 saturated carbocycles. The van der Waals surface area contributed by atoms with E-state index in [1.807, 2.05) is 17.5 Å². The van der Waals surface area contributed by atoms with Gasteiger partial charge in [-0.05, 0) is 35.7 Å². The number of ether oxygens (including phenoxy) is 1. The van der Waals surface area contributed by atoms with Gasteiger partial charge >= 0.3 is 11.7 Å². The van der Waals surface area contributed by atoms with E-state index in [2.05, 4.69) is 14.6 Å². The molecule has 0 radical (unpaired) electrons. The zero-order valence-electron chi connectivity index (χ0n) is 15.4. The molecule has 3 aromatic rings. The molecule has 4 rings (SSSR count). The number of methoxy groups -OCH3 is 1. The molecule has 1 aliphatic rings. The minimum absolute atomic E-state index is 0.00941. The molecule has 0 bridgehead atoms. The molecule has 12 heteroatoms. The van der Waals surface area contributed by atoms with E-state index in [0.29, 0.717) is 5.82 Å². The lowest BCUT2D eigenvalue weighted by Gasteiger charge is -2.06. The maximum Gasteiger partial charge on any atom is 0.349 e. The second-order valence-electron chi connectivity index (χ2n) is 6.41. The number of nitrogens with zero attached hydrogens (tertiary/aromatic N) is 3. The van der Waals surface area contributed by atoms with Crippen LogP contribution in [0.5, 0.6) is 0 Å². The van der Waals surface area contributed by atoms with Crippen LogP contribution < -0.4 is 10.4 Å². The smallest absolute Gasteiger partial charge is 0.349 e. The number of hydrogen-bond acceptors (Lipinski definition) is 8. The number of nitrogens with one attached hydrogen (secondary N) is 1. The van der Waals surface area contributed by atoms with E-state index in [-0.39, 0.29) is 34.6 Å². The van der Waals surface area contributed by atoms with Gasteiger partial charge in [0.25, 0.3) is 0 Å². The first-order valence-corrected chi connectivity index (χ1v) is 12.1. The Morgan fingerprint density at radius 3 is 2.76 bits per heavy atom. The van der Waals surface area contributed by atoms with Gasteiger partial charge in [-0.15, -0.1) is 27.8 Å². The summed E-state index contributed by atoms with van der Waals surface area (Å²) in [6.07, 6.45) is 1.87. The van der Waals surface area contributed by atoms with E-state index in [1.54, 1.807) is 4.57 Å². The number of carbonyl (C=O) groups excluding carboxylic acids is 1. The number of rotatable bonds is 8. The van der Waals surface area contributed by atoms with Crippen molar-refractivity contribution >= 4 is 38.7 Å². The maximum atomic E-state index is 12.8. The molecule has 0 amide bonds. The van der Waals surface area contributed by atoms with Crippen molar-refractivity contribution in [3.8, 4) is 10.7 Å². The van der Waals surface area contributed by atoms with Crippen LogP contribution in [0.15, 0.2) is 38.6 Å². The topological polar surface area (TPSA) is 112 Å².